The molecule has 0 bridgehead atoms. The van der Waals surface area contributed by atoms with Crippen LogP contribution in [0, 0.1) is 0 Å². The van der Waals surface area contributed by atoms with Crippen LogP contribution in [0.15, 0.2) is 42.6 Å². The molecule has 0 aliphatic rings. The van der Waals surface area contributed by atoms with Crippen molar-refractivity contribution in [2.24, 2.45) is 0 Å². The summed E-state index contributed by atoms with van der Waals surface area (Å²) in [6.45, 7) is 0.430. The zero-order valence-corrected chi connectivity index (χ0v) is 11.1. The highest BCUT2D eigenvalue weighted by molar-refractivity contribution is 6.30. The summed E-state index contributed by atoms with van der Waals surface area (Å²) < 4.78 is 5.09. The molecule has 5 heteroatoms. The fourth-order valence-electron chi connectivity index (χ4n) is 1.64. The molecule has 1 heterocycles. The number of hydrogen-bond acceptors (Lipinski definition) is 3. The number of nitrogens with zero attached hydrogens (tertiary/aromatic N) is 1. The third-order valence-electron chi connectivity index (χ3n) is 2.52. The number of anilines is 1. The number of hydrogen-bond donors (Lipinski definition) is 1. The second kappa shape index (κ2) is 6.31. The number of ether oxygens (including phenoxy) is 1. The van der Waals surface area contributed by atoms with E-state index < -0.39 is 0 Å². The molecule has 19 heavy (non-hydrogen) atoms. The lowest BCUT2D eigenvalue weighted by Gasteiger charge is -2.10. The summed E-state index contributed by atoms with van der Waals surface area (Å²) in [6, 6.07) is 10.6. The smallest absolute Gasteiger partial charge is 0.274 e. The summed E-state index contributed by atoms with van der Waals surface area (Å²) in [5, 5.41) is 3.28. The van der Waals surface area contributed by atoms with Crippen LogP contribution in [0.25, 0.3) is 0 Å². The zero-order valence-electron chi connectivity index (χ0n) is 10.4. The second-order valence-electron chi connectivity index (χ2n) is 3.90. The standard InChI is InChI=1S/C14H13ClN2O2/c1-19-9-10-4-2-3-5-12(10)17-14(18)13-8-11(15)6-7-16-13/h2-8H,9H2,1H3,(H,17,18). The third-order valence-corrected chi connectivity index (χ3v) is 2.76. The van der Waals surface area contributed by atoms with Gasteiger partial charge in [0.2, 0.25) is 0 Å². The van der Waals surface area contributed by atoms with E-state index >= 15 is 0 Å². The number of aromatic nitrogens is 1. The van der Waals surface area contributed by atoms with Crippen LogP contribution in [0.4, 0.5) is 5.69 Å². The van der Waals surface area contributed by atoms with Crippen molar-refractivity contribution >= 4 is 23.2 Å². The average Bonchev–Trinajstić information content (AvgIpc) is 2.41. The van der Waals surface area contributed by atoms with E-state index in [0.29, 0.717) is 17.3 Å². The van der Waals surface area contributed by atoms with Crippen molar-refractivity contribution in [3.8, 4) is 0 Å². The lowest BCUT2D eigenvalue weighted by Crippen LogP contribution is -2.14. The quantitative estimate of drug-likeness (QED) is 0.933. The van der Waals surface area contributed by atoms with Crippen LogP contribution in [0.3, 0.4) is 0 Å². The molecule has 98 valence electrons. The van der Waals surface area contributed by atoms with E-state index in [-0.39, 0.29) is 11.6 Å². The molecular formula is C14H13ClN2O2. The molecule has 0 aliphatic carbocycles. The Hall–Kier alpha value is -1.91. The van der Waals surface area contributed by atoms with E-state index in [9.17, 15) is 4.79 Å². The van der Waals surface area contributed by atoms with E-state index in [2.05, 4.69) is 10.3 Å². The maximum atomic E-state index is 12.0. The third kappa shape index (κ3) is 3.53. The lowest BCUT2D eigenvalue weighted by atomic mass is 10.2. The predicted octanol–water partition coefficient (Wildman–Crippen LogP) is 3.13. The number of carbonyl (C=O) groups is 1. The van der Waals surface area contributed by atoms with Crippen LogP contribution >= 0.6 is 11.6 Å². The van der Waals surface area contributed by atoms with E-state index in [4.69, 9.17) is 16.3 Å². The number of benzene rings is 1. The second-order valence-corrected chi connectivity index (χ2v) is 4.34. The number of methoxy groups -OCH3 is 1. The first-order valence-electron chi connectivity index (χ1n) is 5.70. The largest absolute Gasteiger partial charge is 0.380 e. The van der Waals surface area contributed by atoms with Gasteiger partial charge in [0.15, 0.2) is 0 Å². The van der Waals surface area contributed by atoms with Crippen molar-refractivity contribution < 1.29 is 9.53 Å². The number of carbonyl (C=O) groups excluding carboxylic acids is 1. The average molecular weight is 277 g/mol. The highest BCUT2D eigenvalue weighted by Crippen LogP contribution is 2.17. The molecule has 0 atom stereocenters. The Morgan fingerprint density at radius 3 is 2.89 bits per heavy atom. The van der Waals surface area contributed by atoms with E-state index in [0.717, 1.165) is 5.56 Å². The molecule has 0 saturated carbocycles. The monoisotopic (exact) mass is 276 g/mol. The van der Waals surface area contributed by atoms with Gasteiger partial charge in [0.25, 0.3) is 5.91 Å². The first-order valence-corrected chi connectivity index (χ1v) is 6.08. The summed E-state index contributed by atoms with van der Waals surface area (Å²) in [7, 11) is 1.61. The fourth-order valence-corrected chi connectivity index (χ4v) is 1.80. The Morgan fingerprint density at radius 2 is 2.16 bits per heavy atom. The molecule has 4 nitrogen and oxygen atoms in total. The SMILES string of the molecule is COCc1ccccc1NC(=O)c1cc(Cl)ccn1. The van der Waals surface area contributed by atoms with Gasteiger partial charge in [-0.3, -0.25) is 9.78 Å². The molecule has 1 aromatic heterocycles. The minimum Gasteiger partial charge on any atom is -0.380 e. The Balaban J connectivity index is 2.19. The highest BCUT2D eigenvalue weighted by atomic mass is 35.5. The molecular weight excluding hydrogens is 264 g/mol. The molecule has 0 fully saturated rings. The summed E-state index contributed by atoms with van der Waals surface area (Å²) in [5.41, 5.74) is 1.89. The topological polar surface area (TPSA) is 51.2 Å². The maximum Gasteiger partial charge on any atom is 0.274 e. The van der Waals surface area contributed by atoms with E-state index in [1.54, 1.807) is 13.2 Å². The van der Waals surface area contributed by atoms with Crippen LogP contribution in [-0.4, -0.2) is 18.0 Å². The Kier molecular flexibility index (Phi) is 4.49. The van der Waals surface area contributed by atoms with Crippen molar-refractivity contribution in [1.29, 1.82) is 0 Å². The number of nitrogens with one attached hydrogen (secondary N) is 1. The molecule has 0 unspecified atom stereocenters. The number of rotatable bonds is 4. The minimum absolute atomic E-state index is 0.278. The van der Waals surface area contributed by atoms with Crippen molar-refractivity contribution in [3.63, 3.8) is 0 Å². The van der Waals surface area contributed by atoms with Crippen molar-refractivity contribution in [2.45, 2.75) is 6.61 Å². The normalized spacial score (nSPS) is 10.2. The van der Waals surface area contributed by atoms with Crippen LogP contribution in [0.1, 0.15) is 16.1 Å². The minimum atomic E-state index is -0.300. The van der Waals surface area contributed by atoms with Gasteiger partial charge in [0.05, 0.1) is 6.61 Å². The van der Waals surface area contributed by atoms with Crippen molar-refractivity contribution in [3.05, 3.63) is 58.9 Å². The summed E-state index contributed by atoms with van der Waals surface area (Å²) in [4.78, 5) is 16.0. The summed E-state index contributed by atoms with van der Waals surface area (Å²) in [5.74, 6) is -0.300. The van der Waals surface area contributed by atoms with Gasteiger partial charge in [0, 0.05) is 29.6 Å². The summed E-state index contributed by atoms with van der Waals surface area (Å²) in [6.07, 6.45) is 1.50. The molecule has 0 aliphatic heterocycles. The van der Waals surface area contributed by atoms with Gasteiger partial charge < -0.3 is 10.1 Å². The van der Waals surface area contributed by atoms with Gasteiger partial charge in [-0.05, 0) is 18.2 Å². The number of halogens is 1. The number of amides is 1. The van der Waals surface area contributed by atoms with Gasteiger partial charge in [-0.2, -0.15) is 0 Å². The molecule has 1 amide bonds. The van der Waals surface area contributed by atoms with Crippen LogP contribution < -0.4 is 5.32 Å². The number of para-hydroxylation sites is 1. The van der Waals surface area contributed by atoms with Crippen LogP contribution in [0.5, 0.6) is 0 Å². The fraction of sp³-hybridized carbons (Fsp3) is 0.143. The maximum absolute atomic E-state index is 12.0. The predicted molar refractivity (Wildman–Crippen MR) is 74.4 cm³/mol. The van der Waals surface area contributed by atoms with Crippen molar-refractivity contribution in [1.82, 2.24) is 4.98 Å². The first-order chi connectivity index (χ1) is 9.20. The van der Waals surface area contributed by atoms with Gasteiger partial charge in [-0.1, -0.05) is 29.8 Å². The van der Waals surface area contributed by atoms with E-state index in [1.165, 1.54) is 12.3 Å². The lowest BCUT2D eigenvalue weighted by molar-refractivity contribution is 0.102. The number of pyridine rings is 1. The molecule has 1 N–H and O–H groups in total. The Labute approximate surface area is 116 Å². The molecule has 2 rings (SSSR count). The van der Waals surface area contributed by atoms with Crippen LogP contribution in [0.2, 0.25) is 5.02 Å². The molecule has 0 saturated heterocycles. The van der Waals surface area contributed by atoms with Gasteiger partial charge in [-0.15, -0.1) is 0 Å². The Bertz CT molecular complexity index is 587. The van der Waals surface area contributed by atoms with Gasteiger partial charge >= 0.3 is 0 Å². The molecule has 0 spiro atoms. The van der Waals surface area contributed by atoms with Crippen LogP contribution in [-0.2, 0) is 11.3 Å². The molecule has 1 aromatic carbocycles. The van der Waals surface area contributed by atoms with Crippen molar-refractivity contribution in [2.75, 3.05) is 12.4 Å². The molecule has 0 radical (unpaired) electrons. The van der Waals surface area contributed by atoms with Gasteiger partial charge in [-0.25, -0.2) is 0 Å². The van der Waals surface area contributed by atoms with E-state index in [1.807, 2.05) is 24.3 Å². The first kappa shape index (κ1) is 13.5. The summed E-state index contributed by atoms with van der Waals surface area (Å²) >= 11 is 5.83. The molecule has 2 aromatic rings. The highest BCUT2D eigenvalue weighted by Gasteiger charge is 2.10. The van der Waals surface area contributed by atoms with Gasteiger partial charge in [0.1, 0.15) is 5.69 Å². The zero-order chi connectivity index (χ0) is 13.7. The Morgan fingerprint density at radius 1 is 1.37 bits per heavy atom.